The maximum absolute atomic E-state index is 12.3. The first-order valence-corrected chi connectivity index (χ1v) is 6.72. The van der Waals surface area contributed by atoms with E-state index in [0.29, 0.717) is 0 Å². The Bertz CT molecular complexity index is 620. The summed E-state index contributed by atoms with van der Waals surface area (Å²) in [6.45, 7) is 4.77. The molecule has 3 heteroatoms. The van der Waals surface area contributed by atoms with E-state index >= 15 is 0 Å². The number of nitrogens with one attached hydrogen (secondary N) is 2. The zero-order valence-corrected chi connectivity index (χ0v) is 12.2. The highest BCUT2D eigenvalue weighted by Gasteiger charge is 2.09. The van der Waals surface area contributed by atoms with E-state index in [0.717, 1.165) is 34.5 Å². The van der Waals surface area contributed by atoms with E-state index in [2.05, 4.69) is 10.6 Å². The highest BCUT2D eigenvalue weighted by molar-refractivity contribution is 6.05. The Morgan fingerprint density at radius 1 is 1.10 bits per heavy atom. The molecule has 0 aliphatic rings. The number of benzene rings is 2. The lowest BCUT2D eigenvalue weighted by molar-refractivity contribution is 0.102. The summed E-state index contributed by atoms with van der Waals surface area (Å²) in [6, 6.07) is 13.7. The number of anilines is 1. The first kappa shape index (κ1) is 14.3. The zero-order chi connectivity index (χ0) is 14.5. The molecule has 0 unspecified atom stereocenters. The standard InChI is InChI=1S/C17H20N2O/c1-12-7-8-16(13(2)9-12)17(20)19-15-6-4-5-14(10-15)11-18-3/h4-10,18H,11H2,1-3H3,(H,19,20). The van der Waals surface area contributed by atoms with Crippen LogP contribution in [-0.4, -0.2) is 13.0 Å². The number of hydrogen-bond donors (Lipinski definition) is 2. The smallest absolute Gasteiger partial charge is 0.255 e. The van der Waals surface area contributed by atoms with E-state index in [1.807, 2.05) is 63.4 Å². The molecule has 0 spiro atoms. The average molecular weight is 268 g/mol. The van der Waals surface area contributed by atoms with Crippen LogP contribution in [-0.2, 0) is 6.54 Å². The van der Waals surface area contributed by atoms with Crippen LogP contribution in [0.2, 0.25) is 0 Å². The first-order chi connectivity index (χ1) is 9.60. The van der Waals surface area contributed by atoms with Crippen LogP contribution in [0.3, 0.4) is 0 Å². The molecule has 0 aliphatic carbocycles. The molecule has 2 aromatic rings. The quantitative estimate of drug-likeness (QED) is 0.893. The topological polar surface area (TPSA) is 41.1 Å². The Labute approximate surface area is 120 Å². The van der Waals surface area contributed by atoms with Gasteiger partial charge in [0.1, 0.15) is 0 Å². The lowest BCUT2D eigenvalue weighted by atomic mass is 10.1. The van der Waals surface area contributed by atoms with Crippen molar-refractivity contribution in [3.8, 4) is 0 Å². The lowest BCUT2D eigenvalue weighted by Gasteiger charge is -2.09. The van der Waals surface area contributed by atoms with E-state index in [4.69, 9.17) is 0 Å². The van der Waals surface area contributed by atoms with E-state index in [-0.39, 0.29) is 5.91 Å². The third kappa shape index (κ3) is 3.45. The predicted octanol–water partition coefficient (Wildman–Crippen LogP) is 3.28. The SMILES string of the molecule is CNCc1cccc(NC(=O)c2ccc(C)cc2C)c1. The third-order valence-corrected chi connectivity index (χ3v) is 3.19. The van der Waals surface area contributed by atoms with Crippen LogP contribution in [0.15, 0.2) is 42.5 Å². The molecule has 0 bridgehead atoms. The van der Waals surface area contributed by atoms with Crippen molar-refractivity contribution in [2.45, 2.75) is 20.4 Å². The second kappa shape index (κ2) is 6.35. The molecule has 0 saturated carbocycles. The predicted molar refractivity (Wildman–Crippen MR) is 83.1 cm³/mol. The van der Waals surface area contributed by atoms with Gasteiger partial charge < -0.3 is 10.6 Å². The van der Waals surface area contributed by atoms with Crippen LogP contribution in [0, 0.1) is 13.8 Å². The van der Waals surface area contributed by atoms with Crippen LogP contribution in [0.25, 0.3) is 0 Å². The Hall–Kier alpha value is -2.13. The van der Waals surface area contributed by atoms with E-state index in [1.165, 1.54) is 0 Å². The normalized spacial score (nSPS) is 10.3. The second-order valence-electron chi connectivity index (χ2n) is 5.00. The molecule has 0 atom stereocenters. The van der Waals surface area contributed by atoms with Gasteiger partial charge in [-0.1, -0.05) is 29.8 Å². The van der Waals surface area contributed by atoms with Gasteiger partial charge >= 0.3 is 0 Å². The number of aryl methyl sites for hydroxylation is 2. The summed E-state index contributed by atoms with van der Waals surface area (Å²) in [5.74, 6) is -0.0656. The molecule has 20 heavy (non-hydrogen) atoms. The van der Waals surface area contributed by atoms with Crippen molar-refractivity contribution in [2.24, 2.45) is 0 Å². The van der Waals surface area contributed by atoms with Crippen LogP contribution in [0.1, 0.15) is 27.0 Å². The van der Waals surface area contributed by atoms with Crippen LogP contribution >= 0.6 is 0 Å². The van der Waals surface area contributed by atoms with E-state index in [9.17, 15) is 4.79 Å². The molecule has 3 nitrogen and oxygen atoms in total. The summed E-state index contributed by atoms with van der Waals surface area (Å²) in [6.07, 6.45) is 0. The Morgan fingerprint density at radius 3 is 2.60 bits per heavy atom. The minimum atomic E-state index is -0.0656. The number of carbonyl (C=O) groups is 1. The summed E-state index contributed by atoms with van der Waals surface area (Å²) in [5, 5.41) is 6.05. The molecular formula is C17H20N2O. The van der Waals surface area contributed by atoms with Gasteiger partial charge in [0.2, 0.25) is 0 Å². The highest BCUT2D eigenvalue weighted by Crippen LogP contribution is 2.15. The first-order valence-electron chi connectivity index (χ1n) is 6.72. The van der Waals surface area contributed by atoms with Crippen molar-refractivity contribution in [3.05, 3.63) is 64.7 Å². The largest absolute Gasteiger partial charge is 0.322 e. The molecular weight excluding hydrogens is 248 g/mol. The Balaban J connectivity index is 2.17. The molecule has 1 amide bonds. The molecule has 0 heterocycles. The summed E-state index contributed by atoms with van der Waals surface area (Å²) in [5.41, 5.74) is 4.84. The fourth-order valence-electron chi connectivity index (χ4n) is 2.23. The van der Waals surface area contributed by atoms with E-state index in [1.54, 1.807) is 0 Å². The Morgan fingerprint density at radius 2 is 1.90 bits per heavy atom. The van der Waals surface area contributed by atoms with Gasteiger partial charge in [0.25, 0.3) is 5.91 Å². The van der Waals surface area contributed by atoms with Crippen LogP contribution < -0.4 is 10.6 Å². The summed E-state index contributed by atoms with van der Waals surface area (Å²) in [4.78, 5) is 12.3. The summed E-state index contributed by atoms with van der Waals surface area (Å²) >= 11 is 0. The number of rotatable bonds is 4. The van der Waals surface area contributed by atoms with Crippen molar-refractivity contribution in [1.29, 1.82) is 0 Å². The van der Waals surface area contributed by atoms with Gasteiger partial charge in [0, 0.05) is 17.8 Å². The summed E-state index contributed by atoms with van der Waals surface area (Å²) in [7, 11) is 1.90. The maximum atomic E-state index is 12.3. The minimum absolute atomic E-state index is 0.0656. The minimum Gasteiger partial charge on any atom is -0.322 e. The van der Waals surface area contributed by atoms with Gasteiger partial charge in [0.05, 0.1) is 0 Å². The fraction of sp³-hybridized carbons (Fsp3) is 0.235. The molecule has 2 N–H and O–H groups in total. The Kier molecular flexibility index (Phi) is 4.53. The van der Waals surface area contributed by atoms with Crippen LogP contribution in [0.5, 0.6) is 0 Å². The van der Waals surface area contributed by atoms with Gasteiger partial charge in [-0.25, -0.2) is 0 Å². The highest BCUT2D eigenvalue weighted by atomic mass is 16.1. The molecule has 2 aromatic carbocycles. The lowest BCUT2D eigenvalue weighted by Crippen LogP contribution is -2.14. The average Bonchev–Trinajstić information content (AvgIpc) is 2.39. The van der Waals surface area contributed by atoms with Gasteiger partial charge in [-0.3, -0.25) is 4.79 Å². The van der Waals surface area contributed by atoms with Gasteiger partial charge in [-0.2, -0.15) is 0 Å². The number of carbonyl (C=O) groups excluding carboxylic acids is 1. The third-order valence-electron chi connectivity index (χ3n) is 3.19. The summed E-state index contributed by atoms with van der Waals surface area (Å²) < 4.78 is 0. The number of hydrogen-bond acceptors (Lipinski definition) is 2. The molecule has 0 saturated heterocycles. The monoisotopic (exact) mass is 268 g/mol. The van der Waals surface area contributed by atoms with Crippen molar-refractivity contribution in [2.75, 3.05) is 12.4 Å². The maximum Gasteiger partial charge on any atom is 0.255 e. The van der Waals surface area contributed by atoms with Gasteiger partial charge in [-0.05, 0) is 50.2 Å². The van der Waals surface area contributed by atoms with Crippen LogP contribution in [0.4, 0.5) is 5.69 Å². The van der Waals surface area contributed by atoms with Gasteiger partial charge in [0.15, 0.2) is 0 Å². The second-order valence-corrected chi connectivity index (χ2v) is 5.00. The number of amides is 1. The zero-order valence-electron chi connectivity index (χ0n) is 12.2. The molecule has 0 radical (unpaired) electrons. The van der Waals surface area contributed by atoms with Crippen molar-refractivity contribution >= 4 is 11.6 Å². The molecule has 2 rings (SSSR count). The fourth-order valence-corrected chi connectivity index (χ4v) is 2.23. The molecule has 0 fully saturated rings. The molecule has 0 aromatic heterocycles. The van der Waals surface area contributed by atoms with Crippen molar-refractivity contribution in [1.82, 2.24) is 5.32 Å². The van der Waals surface area contributed by atoms with Crippen molar-refractivity contribution in [3.63, 3.8) is 0 Å². The van der Waals surface area contributed by atoms with Gasteiger partial charge in [-0.15, -0.1) is 0 Å². The molecule has 104 valence electrons. The van der Waals surface area contributed by atoms with Crippen molar-refractivity contribution < 1.29 is 4.79 Å². The molecule has 0 aliphatic heterocycles. The van der Waals surface area contributed by atoms with E-state index < -0.39 is 0 Å².